The number of nitrogens with two attached hydrogens (primary N) is 1. The second-order valence-corrected chi connectivity index (χ2v) is 4.63. The minimum absolute atomic E-state index is 0.0757. The molecule has 2 N–H and O–H groups in total. The van der Waals surface area contributed by atoms with Gasteiger partial charge in [0.25, 0.3) is 0 Å². The van der Waals surface area contributed by atoms with E-state index in [0.717, 1.165) is 10.5 Å². The highest BCUT2D eigenvalue weighted by molar-refractivity contribution is 9.10. The Hall–Kier alpha value is -1.30. The molecule has 0 bridgehead atoms. The maximum absolute atomic E-state index is 12.6. The third kappa shape index (κ3) is 2.22. The Kier molecular flexibility index (Phi) is 2.77. The maximum Gasteiger partial charge on any atom is 0.433 e. The standard InChI is InChI=1S/C11H8BrF3N2/c1-5-2-6(12)3-7-8(16)4-9(11(13,14)15)17-10(5)7/h2-4H,1H3,(H2,16,17). The van der Waals surface area contributed by atoms with Crippen molar-refractivity contribution in [1.82, 2.24) is 4.98 Å². The van der Waals surface area contributed by atoms with Gasteiger partial charge in [0.1, 0.15) is 5.69 Å². The number of pyridine rings is 1. The van der Waals surface area contributed by atoms with Gasteiger partial charge in [-0.3, -0.25) is 0 Å². The molecule has 2 aromatic rings. The van der Waals surface area contributed by atoms with E-state index in [0.29, 0.717) is 10.9 Å². The molecule has 6 heteroatoms. The van der Waals surface area contributed by atoms with Crippen LogP contribution in [0.4, 0.5) is 18.9 Å². The Bertz CT molecular complexity index is 593. The lowest BCUT2D eigenvalue weighted by Crippen LogP contribution is -2.09. The number of anilines is 1. The number of fused-ring (bicyclic) bond motifs is 1. The number of hydrogen-bond donors (Lipinski definition) is 1. The van der Waals surface area contributed by atoms with Crippen molar-refractivity contribution in [3.05, 3.63) is 33.9 Å². The third-order valence-corrected chi connectivity index (χ3v) is 2.85. The van der Waals surface area contributed by atoms with E-state index in [4.69, 9.17) is 5.73 Å². The molecule has 0 radical (unpaired) electrons. The van der Waals surface area contributed by atoms with Crippen LogP contribution in [0.15, 0.2) is 22.7 Å². The molecule has 0 fully saturated rings. The van der Waals surface area contributed by atoms with Crippen LogP contribution in [0.25, 0.3) is 10.9 Å². The summed E-state index contributed by atoms with van der Waals surface area (Å²) in [5.74, 6) is 0. The molecular weight excluding hydrogens is 297 g/mol. The van der Waals surface area contributed by atoms with E-state index in [-0.39, 0.29) is 11.2 Å². The summed E-state index contributed by atoms with van der Waals surface area (Å²) in [5.41, 5.74) is 5.67. The normalized spacial score (nSPS) is 12.1. The predicted octanol–water partition coefficient (Wildman–Crippen LogP) is 3.91. The Morgan fingerprint density at radius 3 is 2.47 bits per heavy atom. The summed E-state index contributed by atoms with van der Waals surface area (Å²) in [6.45, 7) is 1.69. The zero-order chi connectivity index (χ0) is 12.8. The topological polar surface area (TPSA) is 38.9 Å². The Morgan fingerprint density at radius 1 is 1.24 bits per heavy atom. The molecule has 1 aromatic carbocycles. The molecule has 17 heavy (non-hydrogen) atoms. The fourth-order valence-corrected chi connectivity index (χ4v) is 2.20. The van der Waals surface area contributed by atoms with Crippen molar-refractivity contribution in [2.24, 2.45) is 0 Å². The molecule has 0 saturated carbocycles. The van der Waals surface area contributed by atoms with Crippen LogP contribution in [-0.2, 0) is 6.18 Å². The predicted molar refractivity (Wildman–Crippen MR) is 63.6 cm³/mol. The van der Waals surface area contributed by atoms with Crippen LogP contribution in [0.2, 0.25) is 0 Å². The van der Waals surface area contributed by atoms with Gasteiger partial charge in [-0.25, -0.2) is 4.98 Å². The van der Waals surface area contributed by atoms with Gasteiger partial charge in [0.2, 0.25) is 0 Å². The summed E-state index contributed by atoms with van der Waals surface area (Å²) in [7, 11) is 0. The number of alkyl halides is 3. The molecule has 1 heterocycles. The van der Waals surface area contributed by atoms with E-state index < -0.39 is 11.9 Å². The molecule has 1 aromatic heterocycles. The first-order valence-electron chi connectivity index (χ1n) is 4.72. The van der Waals surface area contributed by atoms with E-state index in [1.165, 1.54) is 0 Å². The Balaban J connectivity index is 2.83. The van der Waals surface area contributed by atoms with Gasteiger partial charge in [-0.2, -0.15) is 13.2 Å². The smallest absolute Gasteiger partial charge is 0.398 e. The van der Waals surface area contributed by atoms with Crippen molar-refractivity contribution in [2.45, 2.75) is 13.1 Å². The highest BCUT2D eigenvalue weighted by Gasteiger charge is 2.33. The fraction of sp³-hybridized carbons (Fsp3) is 0.182. The quantitative estimate of drug-likeness (QED) is 0.801. The number of rotatable bonds is 0. The van der Waals surface area contributed by atoms with Crippen LogP contribution < -0.4 is 5.73 Å². The molecule has 0 spiro atoms. The number of aryl methyl sites for hydroxylation is 1. The van der Waals surface area contributed by atoms with Gasteiger partial charge < -0.3 is 5.73 Å². The van der Waals surface area contributed by atoms with Crippen molar-refractivity contribution in [3.8, 4) is 0 Å². The minimum atomic E-state index is -4.48. The first-order valence-corrected chi connectivity index (χ1v) is 5.52. The molecule has 0 aliphatic heterocycles. The van der Waals surface area contributed by atoms with Crippen LogP contribution in [0.1, 0.15) is 11.3 Å². The lowest BCUT2D eigenvalue weighted by atomic mass is 10.1. The molecule has 0 saturated heterocycles. The first kappa shape index (κ1) is 12.2. The summed E-state index contributed by atoms with van der Waals surface area (Å²) in [6.07, 6.45) is -4.48. The SMILES string of the molecule is Cc1cc(Br)cc2c(N)cc(C(F)(F)F)nc12. The minimum Gasteiger partial charge on any atom is -0.398 e. The van der Waals surface area contributed by atoms with Crippen LogP contribution in [-0.4, -0.2) is 4.98 Å². The van der Waals surface area contributed by atoms with Gasteiger partial charge in [-0.15, -0.1) is 0 Å². The Morgan fingerprint density at radius 2 is 1.88 bits per heavy atom. The summed E-state index contributed by atoms with van der Waals surface area (Å²) in [5, 5.41) is 0.518. The van der Waals surface area contributed by atoms with Crippen LogP contribution in [0.5, 0.6) is 0 Å². The highest BCUT2D eigenvalue weighted by Crippen LogP contribution is 2.33. The third-order valence-electron chi connectivity index (χ3n) is 2.39. The fourth-order valence-electron chi connectivity index (χ4n) is 1.63. The first-order chi connectivity index (χ1) is 7.79. The molecule has 2 rings (SSSR count). The van der Waals surface area contributed by atoms with E-state index in [1.54, 1.807) is 19.1 Å². The molecular formula is C11H8BrF3N2. The van der Waals surface area contributed by atoms with Crippen molar-refractivity contribution < 1.29 is 13.2 Å². The summed E-state index contributed by atoms with van der Waals surface area (Å²) < 4.78 is 38.5. The second-order valence-electron chi connectivity index (χ2n) is 3.71. The lowest BCUT2D eigenvalue weighted by Gasteiger charge is -2.11. The van der Waals surface area contributed by atoms with E-state index in [1.807, 2.05) is 0 Å². The molecule has 2 nitrogen and oxygen atoms in total. The number of aromatic nitrogens is 1. The van der Waals surface area contributed by atoms with Gasteiger partial charge in [-0.05, 0) is 30.7 Å². The summed E-state index contributed by atoms with van der Waals surface area (Å²) in [4.78, 5) is 3.62. The van der Waals surface area contributed by atoms with Gasteiger partial charge in [0.15, 0.2) is 0 Å². The average Bonchev–Trinajstić information content (AvgIpc) is 2.17. The van der Waals surface area contributed by atoms with Gasteiger partial charge in [-0.1, -0.05) is 15.9 Å². The Labute approximate surface area is 104 Å². The van der Waals surface area contributed by atoms with Crippen molar-refractivity contribution in [3.63, 3.8) is 0 Å². The number of nitrogens with zero attached hydrogens (tertiary/aromatic N) is 1. The van der Waals surface area contributed by atoms with E-state index in [2.05, 4.69) is 20.9 Å². The number of halogens is 4. The average molecular weight is 305 g/mol. The van der Waals surface area contributed by atoms with Crippen molar-refractivity contribution in [2.75, 3.05) is 5.73 Å². The molecule has 0 unspecified atom stereocenters. The highest BCUT2D eigenvalue weighted by atomic mass is 79.9. The van der Waals surface area contributed by atoms with Gasteiger partial charge >= 0.3 is 6.18 Å². The van der Waals surface area contributed by atoms with Gasteiger partial charge in [0, 0.05) is 15.5 Å². The second kappa shape index (κ2) is 3.87. The van der Waals surface area contributed by atoms with Crippen molar-refractivity contribution >= 4 is 32.5 Å². The van der Waals surface area contributed by atoms with Crippen LogP contribution in [0.3, 0.4) is 0 Å². The molecule has 0 aliphatic carbocycles. The van der Waals surface area contributed by atoms with Crippen molar-refractivity contribution in [1.29, 1.82) is 0 Å². The number of benzene rings is 1. The largest absolute Gasteiger partial charge is 0.433 e. The van der Waals surface area contributed by atoms with Crippen LogP contribution >= 0.6 is 15.9 Å². The molecule has 0 atom stereocenters. The molecule has 0 amide bonds. The van der Waals surface area contributed by atoms with E-state index >= 15 is 0 Å². The monoisotopic (exact) mass is 304 g/mol. The number of nitrogen functional groups attached to an aromatic ring is 1. The molecule has 90 valence electrons. The lowest BCUT2D eigenvalue weighted by molar-refractivity contribution is -0.140. The van der Waals surface area contributed by atoms with E-state index in [9.17, 15) is 13.2 Å². The summed E-state index contributed by atoms with van der Waals surface area (Å²) >= 11 is 3.27. The van der Waals surface area contributed by atoms with Gasteiger partial charge in [0.05, 0.1) is 5.52 Å². The maximum atomic E-state index is 12.6. The number of hydrogen-bond acceptors (Lipinski definition) is 2. The summed E-state index contributed by atoms with van der Waals surface area (Å²) in [6, 6.07) is 4.22. The zero-order valence-electron chi connectivity index (χ0n) is 8.77. The van der Waals surface area contributed by atoms with Crippen LogP contribution in [0, 0.1) is 6.92 Å². The zero-order valence-corrected chi connectivity index (χ0v) is 10.4. The molecule has 0 aliphatic rings.